The van der Waals surface area contributed by atoms with Crippen molar-refractivity contribution in [1.29, 1.82) is 0 Å². The summed E-state index contributed by atoms with van der Waals surface area (Å²) in [6.45, 7) is 4.01. The quantitative estimate of drug-likeness (QED) is 0.271. The van der Waals surface area contributed by atoms with Gasteiger partial charge in [-0.1, -0.05) is 78.9 Å². The predicted octanol–water partition coefficient (Wildman–Crippen LogP) is 6.89. The Hall–Kier alpha value is -4.42. The maximum Gasteiger partial charge on any atom is 0.260 e. The van der Waals surface area contributed by atoms with E-state index in [0.717, 1.165) is 16.0 Å². The molecule has 4 aromatic rings. The van der Waals surface area contributed by atoms with Gasteiger partial charge in [0.05, 0.1) is 17.0 Å². The van der Waals surface area contributed by atoms with E-state index in [1.54, 1.807) is 30.3 Å². The fourth-order valence-corrected chi connectivity index (χ4v) is 6.26. The second-order valence-corrected chi connectivity index (χ2v) is 10.3. The second-order valence-electron chi connectivity index (χ2n) is 9.83. The van der Waals surface area contributed by atoms with Gasteiger partial charge in [-0.05, 0) is 59.3 Å². The van der Waals surface area contributed by atoms with Crippen LogP contribution in [0.2, 0.25) is 5.02 Å². The zero-order valence-corrected chi connectivity index (χ0v) is 21.5. The number of hydrogen-bond acceptors (Lipinski definition) is 4. The van der Waals surface area contributed by atoms with Gasteiger partial charge in [-0.15, -0.1) is 0 Å². The normalized spacial score (nSPS) is 22.5. The maximum absolute atomic E-state index is 14.6. The molecule has 39 heavy (non-hydrogen) atoms. The van der Waals surface area contributed by atoms with E-state index in [0.29, 0.717) is 33.6 Å². The van der Waals surface area contributed by atoms with E-state index in [1.807, 2.05) is 42.5 Å². The lowest BCUT2D eigenvalue weighted by Crippen LogP contribution is -2.48. The summed E-state index contributed by atoms with van der Waals surface area (Å²) < 4.78 is 13.6. The fourth-order valence-electron chi connectivity index (χ4n) is 6.14. The third-order valence-corrected chi connectivity index (χ3v) is 8.14. The Morgan fingerprint density at radius 2 is 1.72 bits per heavy atom. The first-order valence-corrected chi connectivity index (χ1v) is 12.9. The first kappa shape index (κ1) is 24.9. The summed E-state index contributed by atoms with van der Waals surface area (Å²) in [5.41, 5.74) is 3.74. The van der Waals surface area contributed by atoms with Crippen molar-refractivity contribution in [1.82, 2.24) is 5.01 Å². The van der Waals surface area contributed by atoms with Gasteiger partial charge in [0.25, 0.3) is 11.8 Å². The monoisotopic (exact) mass is 538 g/mol. The molecule has 3 unspecified atom stereocenters. The first-order valence-electron chi connectivity index (χ1n) is 12.6. The van der Waals surface area contributed by atoms with E-state index in [9.17, 15) is 19.1 Å². The Labute approximate surface area is 229 Å². The molecule has 6 rings (SSSR count). The molecular formula is C32H24ClFN2O3. The Bertz CT molecular complexity index is 1670. The summed E-state index contributed by atoms with van der Waals surface area (Å²) in [7, 11) is 0. The number of benzene rings is 4. The molecule has 194 valence electrons. The average molecular weight is 539 g/mol. The Kier molecular flexibility index (Phi) is 6.00. The van der Waals surface area contributed by atoms with E-state index >= 15 is 0 Å². The van der Waals surface area contributed by atoms with Crippen LogP contribution in [-0.4, -0.2) is 21.9 Å². The van der Waals surface area contributed by atoms with Crippen LogP contribution >= 0.6 is 11.6 Å². The average Bonchev–Trinajstić information content (AvgIpc) is 3.17. The number of allylic oxidation sites excluding steroid dienone is 3. The standard InChI is InChI=1S/C32H24ClFN2O3/c1-2-19-8-18-27-30(38)36(35-24-15-13-23(34)14-16-24)31(39)32(27,21-9-11-22(33)12-10-21)28(19)26-17-7-20-5-3-4-6-25(20)29(26)37/h2-17,27-28,35,37H,1,18H2. The highest BCUT2D eigenvalue weighted by molar-refractivity contribution is 6.30. The van der Waals surface area contributed by atoms with Crippen LogP contribution in [0.3, 0.4) is 0 Å². The number of fused-ring (bicyclic) bond motifs is 2. The molecule has 2 aliphatic rings. The van der Waals surface area contributed by atoms with Crippen LogP contribution in [0.1, 0.15) is 23.5 Å². The second kappa shape index (κ2) is 9.40. The van der Waals surface area contributed by atoms with Gasteiger partial charge in [0.2, 0.25) is 0 Å². The fraction of sp³-hybridized carbons (Fsp3) is 0.125. The van der Waals surface area contributed by atoms with E-state index in [4.69, 9.17) is 11.6 Å². The summed E-state index contributed by atoms with van der Waals surface area (Å²) in [6.07, 6.45) is 3.89. The number of halogens is 2. The van der Waals surface area contributed by atoms with Crippen LogP contribution in [-0.2, 0) is 15.0 Å². The van der Waals surface area contributed by atoms with E-state index in [1.165, 1.54) is 24.3 Å². The van der Waals surface area contributed by atoms with Gasteiger partial charge in [0.1, 0.15) is 11.6 Å². The number of nitrogens with one attached hydrogen (secondary N) is 1. The molecule has 0 aromatic heterocycles. The number of amides is 2. The van der Waals surface area contributed by atoms with Crippen LogP contribution < -0.4 is 5.43 Å². The summed E-state index contributed by atoms with van der Waals surface area (Å²) in [6, 6.07) is 23.5. The number of nitrogens with zero attached hydrogens (tertiary/aromatic N) is 1. The highest BCUT2D eigenvalue weighted by Crippen LogP contribution is 2.59. The Balaban J connectivity index is 1.60. The van der Waals surface area contributed by atoms with Gasteiger partial charge in [0.15, 0.2) is 0 Å². The molecule has 2 N–H and O–H groups in total. The van der Waals surface area contributed by atoms with Crippen molar-refractivity contribution in [2.75, 3.05) is 5.43 Å². The number of carbonyl (C=O) groups excluding carboxylic acids is 2. The summed E-state index contributed by atoms with van der Waals surface area (Å²) >= 11 is 6.23. The van der Waals surface area contributed by atoms with Crippen LogP contribution in [0.4, 0.5) is 10.1 Å². The number of anilines is 1. The number of phenolic OH excluding ortho intramolecular Hbond substituents is 1. The molecular weight excluding hydrogens is 515 g/mol. The van der Waals surface area contributed by atoms with Crippen molar-refractivity contribution >= 4 is 39.9 Å². The number of imide groups is 1. The third-order valence-electron chi connectivity index (χ3n) is 7.89. The van der Waals surface area contributed by atoms with Crippen molar-refractivity contribution in [2.45, 2.75) is 17.8 Å². The molecule has 1 saturated heterocycles. The largest absolute Gasteiger partial charge is 0.507 e. The highest BCUT2D eigenvalue weighted by Gasteiger charge is 2.66. The van der Waals surface area contributed by atoms with Gasteiger partial charge in [-0.2, -0.15) is 5.01 Å². The number of aromatic hydroxyl groups is 1. The van der Waals surface area contributed by atoms with E-state index in [2.05, 4.69) is 12.0 Å². The number of rotatable bonds is 5. The molecule has 0 saturated carbocycles. The molecule has 1 aliphatic carbocycles. The van der Waals surface area contributed by atoms with E-state index in [-0.39, 0.29) is 5.75 Å². The number of phenols is 1. The van der Waals surface area contributed by atoms with Crippen molar-refractivity contribution in [2.24, 2.45) is 5.92 Å². The molecule has 1 heterocycles. The zero-order valence-electron chi connectivity index (χ0n) is 20.8. The van der Waals surface area contributed by atoms with E-state index < -0.39 is 34.9 Å². The molecule has 4 aromatic carbocycles. The number of carbonyl (C=O) groups is 2. The topological polar surface area (TPSA) is 69.6 Å². The minimum atomic E-state index is -1.41. The molecule has 0 spiro atoms. The molecule has 0 radical (unpaired) electrons. The maximum atomic E-state index is 14.6. The van der Waals surface area contributed by atoms with Crippen LogP contribution in [0.15, 0.2) is 109 Å². The Morgan fingerprint density at radius 1 is 1.00 bits per heavy atom. The lowest BCUT2D eigenvalue weighted by atomic mass is 9.56. The SMILES string of the molecule is C=CC1=CCC2C(=O)N(Nc3ccc(F)cc3)C(=O)C2(c2ccc(Cl)cc2)C1c1ccc2ccccc2c1O. The first-order chi connectivity index (χ1) is 18.9. The van der Waals surface area contributed by atoms with Gasteiger partial charge >= 0.3 is 0 Å². The number of hydrogen-bond donors (Lipinski definition) is 2. The predicted molar refractivity (Wildman–Crippen MR) is 150 cm³/mol. The summed E-state index contributed by atoms with van der Waals surface area (Å²) in [5, 5.41) is 14.6. The van der Waals surface area contributed by atoms with Gasteiger partial charge in [-0.25, -0.2) is 4.39 Å². The lowest BCUT2D eigenvalue weighted by Gasteiger charge is -2.43. The number of hydrazine groups is 1. The van der Waals surface area contributed by atoms with Gasteiger partial charge in [0, 0.05) is 21.9 Å². The molecule has 5 nitrogen and oxygen atoms in total. The summed E-state index contributed by atoms with van der Waals surface area (Å²) in [4.78, 5) is 28.6. The third kappa shape index (κ3) is 3.74. The molecule has 3 atom stereocenters. The molecule has 1 fully saturated rings. The molecule has 2 amide bonds. The molecule has 0 bridgehead atoms. The van der Waals surface area contributed by atoms with Crippen molar-refractivity contribution in [3.8, 4) is 5.75 Å². The smallest absolute Gasteiger partial charge is 0.260 e. The lowest BCUT2D eigenvalue weighted by molar-refractivity contribution is -0.138. The zero-order chi connectivity index (χ0) is 27.3. The van der Waals surface area contributed by atoms with Crippen molar-refractivity contribution < 1.29 is 19.1 Å². The van der Waals surface area contributed by atoms with Crippen LogP contribution in [0.25, 0.3) is 10.8 Å². The molecule has 7 heteroatoms. The van der Waals surface area contributed by atoms with Gasteiger partial charge < -0.3 is 5.11 Å². The summed E-state index contributed by atoms with van der Waals surface area (Å²) in [5.74, 6) is -2.78. The van der Waals surface area contributed by atoms with Crippen molar-refractivity contribution in [3.63, 3.8) is 0 Å². The van der Waals surface area contributed by atoms with Crippen molar-refractivity contribution in [3.05, 3.63) is 131 Å². The van der Waals surface area contributed by atoms with Crippen LogP contribution in [0, 0.1) is 11.7 Å². The highest BCUT2D eigenvalue weighted by atomic mass is 35.5. The Morgan fingerprint density at radius 3 is 2.44 bits per heavy atom. The minimum absolute atomic E-state index is 0.0463. The van der Waals surface area contributed by atoms with Gasteiger partial charge in [-0.3, -0.25) is 15.0 Å². The van der Waals surface area contributed by atoms with Crippen LogP contribution in [0.5, 0.6) is 5.75 Å². The molecule has 1 aliphatic heterocycles. The minimum Gasteiger partial charge on any atom is -0.507 e.